The van der Waals surface area contributed by atoms with Crippen molar-refractivity contribution in [2.24, 2.45) is 0 Å². The fraction of sp³-hybridized carbons (Fsp3) is 0.207. The number of aliphatic carboxylic acids is 1. The van der Waals surface area contributed by atoms with Gasteiger partial charge in [0.15, 0.2) is 5.78 Å². The van der Waals surface area contributed by atoms with E-state index in [4.69, 9.17) is 21.3 Å². The van der Waals surface area contributed by atoms with Crippen LogP contribution in [0.4, 0.5) is 15.8 Å². The molecule has 0 aliphatic rings. The molecule has 5 N–H and O–H groups in total. The predicted molar refractivity (Wildman–Crippen MR) is 141 cm³/mol. The summed E-state index contributed by atoms with van der Waals surface area (Å²) in [6.45, 7) is 0. The second-order valence-corrected chi connectivity index (χ2v) is 8.63. The number of carbonyl (C=O) groups excluding carboxylic acids is 2. The lowest BCUT2D eigenvalue weighted by atomic mass is 9.91. The van der Waals surface area contributed by atoms with Crippen molar-refractivity contribution in [1.82, 2.24) is 0 Å². The SMILES string of the molecule is Nc1ccc(C(CCCCCC(=O)O)C(=O)Oc2ccc(C=CC(=O)c3ccc(F)cc3)cc2)c(N)c1. The number of benzene rings is 3. The number of carboxylic acids is 1. The maximum Gasteiger partial charge on any atom is 0.318 e. The first kappa shape index (κ1) is 27.1. The lowest BCUT2D eigenvalue weighted by molar-refractivity contribution is -0.138. The highest BCUT2D eigenvalue weighted by Gasteiger charge is 2.24. The van der Waals surface area contributed by atoms with Crippen molar-refractivity contribution < 1.29 is 28.6 Å². The Morgan fingerprint density at radius 3 is 2.27 bits per heavy atom. The van der Waals surface area contributed by atoms with E-state index in [1.807, 2.05) is 0 Å². The third-order valence-corrected chi connectivity index (χ3v) is 5.81. The van der Waals surface area contributed by atoms with Crippen LogP contribution in [-0.2, 0) is 9.59 Å². The summed E-state index contributed by atoms with van der Waals surface area (Å²) in [5.74, 6) is -2.32. The van der Waals surface area contributed by atoms with Crippen LogP contribution in [0.1, 0.15) is 59.5 Å². The van der Waals surface area contributed by atoms with Crippen molar-refractivity contribution >= 4 is 35.2 Å². The number of carbonyl (C=O) groups is 3. The minimum atomic E-state index is -0.850. The van der Waals surface area contributed by atoms with E-state index in [1.54, 1.807) is 48.5 Å². The van der Waals surface area contributed by atoms with E-state index in [1.165, 1.54) is 30.3 Å². The molecule has 3 rings (SSSR count). The van der Waals surface area contributed by atoms with Crippen LogP contribution in [0.25, 0.3) is 6.08 Å². The van der Waals surface area contributed by atoms with Gasteiger partial charge in [-0.15, -0.1) is 0 Å². The maximum atomic E-state index is 13.1. The molecule has 192 valence electrons. The van der Waals surface area contributed by atoms with Crippen molar-refractivity contribution in [3.8, 4) is 5.75 Å². The van der Waals surface area contributed by atoms with Gasteiger partial charge in [-0.1, -0.05) is 37.1 Å². The monoisotopic (exact) mass is 504 g/mol. The number of ketones is 1. The van der Waals surface area contributed by atoms with Gasteiger partial charge in [-0.2, -0.15) is 0 Å². The van der Waals surface area contributed by atoms with Crippen molar-refractivity contribution in [3.05, 3.63) is 95.3 Å². The third kappa shape index (κ3) is 8.31. The highest BCUT2D eigenvalue weighted by atomic mass is 19.1. The number of esters is 1. The van der Waals surface area contributed by atoms with Crippen LogP contribution in [0.15, 0.2) is 72.8 Å². The molecule has 0 heterocycles. The Balaban J connectivity index is 1.66. The highest BCUT2D eigenvalue weighted by Crippen LogP contribution is 2.31. The number of anilines is 2. The summed E-state index contributed by atoms with van der Waals surface area (Å²) < 4.78 is 18.7. The lowest BCUT2D eigenvalue weighted by Gasteiger charge is -2.18. The molecule has 0 aliphatic heterocycles. The highest BCUT2D eigenvalue weighted by molar-refractivity contribution is 6.06. The average Bonchev–Trinajstić information content (AvgIpc) is 2.86. The van der Waals surface area contributed by atoms with Crippen LogP contribution >= 0.6 is 0 Å². The minimum Gasteiger partial charge on any atom is -0.481 e. The van der Waals surface area contributed by atoms with E-state index in [0.717, 1.165) is 0 Å². The summed E-state index contributed by atoms with van der Waals surface area (Å²) in [4.78, 5) is 36.1. The molecule has 8 heteroatoms. The summed E-state index contributed by atoms with van der Waals surface area (Å²) in [5.41, 5.74) is 14.5. The van der Waals surface area contributed by atoms with E-state index in [2.05, 4.69) is 0 Å². The number of ether oxygens (including phenoxy) is 1. The van der Waals surface area contributed by atoms with E-state index in [9.17, 15) is 18.8 Å². The smallest absolute Gasteiger partial charge is 0.318 e. The van der Waals surface area contributed by atoms with Gasteiger partial charge in [0, 0.05) is 23.4 Å². The summed E-state index contributed by atoms with van der Waals surface area (Å²) in [5, 5.41) is 8.82. The molecule has 0 spiro atoms. The second kappa shape index (κ2) is 13.0. The predicted octanol–water partition coefficient (Wildman–Crippen LogP) is 5.61. The van der Waals surface area contributed by atoms with E-state index in [-0.39, 0.29) is 12.2 Å². The molecule has 3 aromatic carbocycles. The van der Waals surface area contributed by atoms with Crippen LogP contribution in [0.3, 0.4) is 0 Å². The number of nitrogens with two attached hydrogens (primary N) is 2. The van der Waals surface area contributed by atoms with Gasteiger partial charge >= 0.3 is 11.9 Å². The van der Waals surface area contributed by atoms with Crippen molar-refractivity contribution in [1.29, 1.82) is 0 Å². The largest absolute Gasteiger partial charge is 0.481 e. The number of halogens is 1. The number of carboxylic acid groups (broad SMARTS) is 1. The molecule has 0 saturated heterocycles. The van der Waals surface area contributed by atoms with Crippen LogP contribution in [0.5, 0.6) is 5.75 Å². The number of hydrogen-bond acceptors (Lipinski definition) is 6. The summed E-state index contributed by atoms with van der Waals surface area (Å²) in [6.07, 6.45) is 5.33. The maximum absolute atomic E-state index is 13.1. The first-order valence-electron chi connectivity index (χ1n) is 11.9. The van der Waals surface area contributed by atoms with Crippen LogP contribution in [-0.4, -0.2) is 22.8 Å². The Labute approximate surface area is 214 Å². The molecule has 0 saturated carbocycles. The van der Waals surface area contributed by atoms with Crippen molar-refractivity contribution in [3.63, 3.8) is 0 Å². The van der Waals surface area contributed by atoms with Gasteiger partial charge in [-0.25, -0.2) is 4.39 Å². The number of allylic oxidation sites excluding steroid dienone is 1. The quantitative estimate of drug-likeness (QED) is 0.0729. The summed E-state index contributed by atoms with van der Waals surface area (Å²) >= 11 is 0. The van der Waals surface area contributed by atoms with Gasteiger partial charge in [-0.3, -0.25) is 14.4 Å². The van der Waals surface area contributed by atoms with Gasteiger partial charge in [0.25, 0.3) is 0 Å². The molecule has 0 fully saturated rings. The zero-order chi connectivity index (χ0) is 26.8. The average molecular weight is 505 g/mol. The van der Waals surface area contributed by atoms with E-state index >= 15 is 0 Å². The topological polar surface area (TPSA) is 133 Å². The molecule has 7 nitrogen and oxygen atoms in total. The van der Waals surface area contributed by atoms with E-state index < -0.39 is 23.7 Å². The first-order chi connectivity index (χ1) is 17.7. The van der Waals surface area contributed by atoms with Gasteiger partial charge in [0.2, 0.25) is 0 Å². The Kier molecular flexibility index (Phi) is 9.55. The number of nitrogen functional groups attached to an aromatic ring is 2. The molecule has 0 aliphatic carbocycles. The molecule has 0 aromatic heterocycles. The number of rotatable bonds is 12. The molecule has 37 heavy (non-hydrogen) atoms. The molecule has 0 bridgehead atoms. The van der Waals surface area contributed by atoms with Crippen LogP contribution in [0.2, 0.25) is 0 Å². The zero-order valence-corrected chi connectivity index (χ0v) is 20.2. The van der Waals surface area contributed by atoms with Crippen molar-refractivity contribution in [2.75, 3.05) is 11.5 Å². The summed E-state index contributed by atoms with van der Waals surface area (Å²) in [7, 11) is 0. The van der Waals surface area contributed by atoms with Gasteiger partial charge in [0.1, 0.15) is 11.6 Å². The Morgan fingerprint density at radius 1 is 0.919 bits per heavy atom. The van der Waals surface area contributed by atoms with Crippen molar-refractivity contribution in [2.45, 2.75) is 38.0 Å². The standard InChI is InChI=1S/C29H29FN2O5/c30-21-11-9-20(10-12-21)27(33)17-8-19-6-14-23(15-7-19)37-29(36)25(4-2-1-3-5-28(34)35)24-16-13-22(31)18-26(24)32/h6-18,25H,1-5,31-32H2,(H,34,35). The number of hydrogen-bond donors (Lipinski definition) is 3. The van der Waals surface area contributed by atoms with Crippen LogP contribution in [0, 0.1) is 5.82 Å². The summed E-state index contributed by atoms with van der Waals surface area (Å²) in [6, 6.07) is 16.9. The molecule has 0 radical (unpaired) electrons. The molecular formula is C29H29FN2O5. The zero-order valence-electron chi connectivity index (χ0n) is 20.2. The molecule has 3 aromatic rings. The number of unbranched alkanes of at least 4 members (excludes halogenated alkanes) is 2. The van der Waals surface area contributed by atoms with Gasteiger partial charge < -0.3 is 21.3 Å². The second-order valence-electron chi connectivity index (χ2n) is 8.63. The molecule has 1 unspecified atom stereocenters. The Morgan fingerprint density at radius 2 is 1.62 bits per heavy atom. The molecule has 1 atom stereocenters. The fourth-order valence-corrected chi connectivity index (χ4v) is 3.83. The third-order valence-electron chi connectivity index (χ3n) is 5.81. The van der Waals surface area contributed by atoms with Gasteiger partial charge in [-0.05, 0) is 78.6 Å². The lowest BCUT2D eigenvalue weighted by Crippen LogP contribution is -2.20. The normalized spacial score (nSPS) is 11.8. The fourth-order valence-electron chi connectivity index (χ4n) is 3.83. The molecule has 0 amide bonds. The van der Waals surface area contributed by atoms with Crippen LogP contribution < -0.4 is 16.2 Å². The first-order valence-corrected chi connectivity index (χ1v) is 11.9. The Bertz CT molecular complexity index is 1270. The van der Waals surface area contributed by atoms with Gasteiger partial charge in [0.05, 0.1) is 5.92 Å². The Hall–Kier alpha value is -4.46. The van der Waals surface area contributed by atoms with E-state index in [0.29, 0.717) is 59.5 Å². The minimum absolute atomic E-state index is 0.0788. The molecular weight excluding hydrogens is 475 g/mol.